The van der Waals surface area contributed by atoms with Gasteiger partial charge >= 0.3 is 12.0 Å². The SMILES string of the molecule is CCOC(=O)/C=C\c1ccc(NC(=O)N2CCc3ccccc3C2)cc1. The zero-order chi connectivity index (χ0) is 18.4. The lowest BCUT2D eigenvalue weighted by Gasteiger charge is -2.29. The lowest BCUT2D eigenvalue weighted by Crippen LogP contribution is -2.38. The van der Waals surface area contributed by atoms with Crippen LogP contribution >= 0.6 is 0 Å². The average molecular weight is 350 g/mol. The van der Waals surface area contributed by atoms with Gasteiger partial charge in [0.1, 0.15) is 0 Å². The summed E-state index contributed by atoms with van der Waals surface area (Å²) in [4.78, 5) is 25.6. The van der Waals surface area contributed by atoms with E-state index in [2.05, 4.69) is 17.4 Å². The van der Waals surface area contributed by atoms with Crippen LogP contribution in [0.15, 0.2) is 54.6 Å². The minimum absolute atomic E-state index is 0.102. The summed E-state index contributed by atoms with van der Waals surface area (Å²) in [7, 11) is 0. The largest absolute Gasteiger partial charge is 0.463 e. The van der Waals surface area contributed by atoms with Crippen molar-refractivity contribution in [2.75, 3.05) is 18.5 Å². The van der Waals surface area contributed by atoms with Gasteiger partial charge in [-0.1, -0.05) is 36.4 Å². The van der Waals surface area contributed by atoms with Gasteiger partial charge in [0.25, 0.3) is 0 Å². The molecule has 0 saturated heterocycles. The normalized spacial score (nSPS) is 13.3. The number of anilines is 1. The van der Waals surface area contributed by atoms with E-state index in [1.54, 1.807) is 13.0 Å². The molecule has 0 unspecified atom stereocenters. The number of rotatable bonds is 4. The predicted octanol–water partition coefficient (Wildman–Crippen LogP) is 3.85. The molecule has 1 aliphatic heterocycles. The van der Waals surface area contributed by atoms with Gasteiger partial charge in [-0.25, -0.2) is 9.59 Å². The van der Waals surface area contributed by atoms with Crippen LogP contribution in [0.3, 0.4) is 0 Å². The molecular weight excluding hydrogens is 328 g/mol. The Labute approximate surface area is 153 Å². The molecule has 0 spiro atoms. The Balaban J connectivity index is 1.57. The number of nitrogens with one attached hydrogen (secondary N) is 1. The summed E-state index contributed by atoms with van der Waals surface area (Å²) in [5, 5.41) is 2.93. The summed E-state index contributed by atoms with van der Waals surface area (Å²) in [6, 6.07) is 15.4. The van der Waals surface area contributed by atoms with E-state index in [0.717, 1.165) is 17.7 Å². The summed E-state index contributed by atoms with van der Waals surface area (Å²) < 4.78 is 4.84. The van der Waals surface area contributed by atoms with Gasteiger partial charge in [-0.05, 0) is 48.2 Å². The zero-order valence-electron chi connectivity index (χ0n) is 14.8. The summed E-state index contributed by atoms with van der Waals surface area (Å²) in [6.45, 7) is 3.46. The third kappa shape index (κ3) is 4.51. The van der Waals surface area contributed by atoms with E-state index in [1.165, 1.54) is 17.2 Å². The lowest BCUT2D eigenvalue weighted by atomic mass is 10.0. The van der Waals surface area contributed by atoms with Gasteiger partial charge in [0.15, 0.2) is 0 Å². The molecule has 0 aromatic heterocycles. The van der Waals surface area contributed by atoms with Crippen molar-refractivity contribution in [3.05, 3.63) is 71.3 Å². The molecule has 1 heterocycles. The van der Waals surface area contributed by atoms with Gasteiger partial charge in [-0.3, -0.25) is 0 Å². The number of hydrogen-bond donors (Lipinski definition) is 1. The number of carbonyl (C=O) groups is 2. The number of urea groups is 1. The topological polar surface area (TPSA) is 58.6 Å². The summed E-state index contributed by atoms with van der Waals surface area (Å²) in [6.07, 6.45) is 3.95. The minimum Gasteiger partial charge on any atom is -0.463 e. The van der Waals surface area contributed by atoms with E-state index >= 15 is 0 Å². The van der Waals surface area contributed by atoms with E-state index < -0.39 is 0 Å². The molecule has 5 heteroatoms. The Morgan fingerprint density at radius 1 is 1.12 bits per heavy atom. The molecule has 1 N–H and O–H groups in total. The highest BCUT2D eigenvalue weighted by molar-refractivity contribution is 5.90. The van der Waals surface area contributed by atoms with E-state index in [1.807, 2.05) is 41.3 Å². The standard InChI is InChI=1S/C21H22N2O3/c1-2-26-20(24)12-9-16-7-10-19(11-8-16)22-21(25)23-14-13-17-5-3-4-6-18(17)15-23/h3-12H,2,13-15H2,1H3,(H,22,25)/b12-9-. The Hall–Kier alpha value is -3.08. The zero-order valence-corrected chi connectivity index (χ0v) is 14.8. The van der Waals surface area contributed by atoms with Gasteiger partial charge < -0.3 is 15.0 Å². The molecule has 0 atom stereocenters. The second kappa shape index (κ2) is 8.34. The molecule has 2 aromatic carbocycles. The van der Waals surface area contributed by atoms with E-state index in [9.17, 15) is 9.59 Å². The molecule has 0 saturated carbocycles. The molecule has 0 fully saturated rings. The van der Waals surface area contributed by atoms with Crippen LogP contribution in [0.25, 0.3) is 6.08 Å². The van der Waals surface area contributed by atoms with Crippen LogP contribution < -0.4 is 5.32 Å². The van der Waals surface area contributed by atoms with Crippen molar-refractivity contribution >= 4 is 23.8 Å². The Kier molecular flexibility index (Phi) is 5.69. The van der Waals surface area contributed by atoms with Crippen molar-refractivity contribution in [1.29, 1.82) is 0 Å². The molecule has 0 bridgehead atoms. The maximum absolute atomic E-state index is 12.5. The van der Waals surface area contributed by atoms with Gasteiger partial charge in [-0.2, -0.15) is 0 Å². The molecule has 134 valence electrons. The summed E-state index contributed by atoms with van der Waals surface area (Å²) in [5.41, 5.74) is 4.10. The first kappa shape index (κ1) is 17.7. The number of fused-ring (bicyclic) bond motifs is 1. The molecule has 5 nitrogen and oxygen atoms in total. The first-order valence-corrected chi connectivity index (χ1v) is 8.73. The van der Waals surface area contributed by atoms with Crippen molar-refractivity contribution in [2.24, 2.45) is 0 Å². The van der Waals surface area contributed by atoms with Crippen molar-refractivity contribution in [2.45, 2.75) is 19.9 Å². The maximum atomic E-state index is 12.5. The summed E-state index contributed by atoms with van der Waals surface area (Å²) >= 11 is 0. The number of nitrogens with zero attached hydrogens (tertiary/aromatic N) is 1. The highest BCUT2D eigenvalue weighted by Gasteiger charge is 2.20. The molecule has 2 aromatic rings. The number of ether oxygens (including phenoxy) is 1. The fraction of sp³-hybridized carbons (Fsp3) is 0.238. The quantitative estimate of drug-likeness (QED) is 0.673. The van der Waals surface area contributed by atoms with Crippen LogP contribution in [0, 0.1) is 0 Å². The van der Waals surface area contributed by atoms with Crippen molar-refractivity contribution in [3.8, 4) is 0 Å². The predicted molar refractivity (Wildman–Crippen MR) is 102 cm³/mol. The van der Waals surface area contributed by atoms with Crippen LogP contribution in [-0.4, -0.2) is 30.1 Å². The van der Waals surface area contributed by atoms with E-state index in [0.29, 0.717) is 19.7 Å². The molecule has 26 heavy (non-hydrogen) atoms. The Morgan fingerprint density at radius 2 is 1.85 bits per heavy atom. The fourth-order valence-electron chi connectivity index (χ4n) is 2.90. The minimum atomic E-state index is -0.366. The van der Waals surface area contributed by atoms with Crippen LogP contribution in [-0.2, 0) is 22.5 Å². The molecule has 0 aliphatic carbocycles. The molecule has 2 amide bonds. The van der Waals surface area contributed by atoms with Crippen molar-refractivity contribution < 1.29 is 14.3 Å². The molecule has 3 rings (SSSR count). The van der Waals surface area contributed by atoms with Crippen molar-refractivity contribution in [3.63, 3.8) is 0 Å². The lowest BCUT2D eigenvalue weighted by molar-refractivity contribution is -0.137. The van der Waals surface area contributed by atoms with E-state index in [-0.39, 0.29) is 12.0 Å². The van der Waals surface area contributed by atoms with Crippen LogP contribution in [0.1, 0.15) is 23.6 Å². The average Bonchev–Trinajstić information content (AvgIpc) is 2.67. The Morgan fingerprint density at radius 3 is 2.58 bits per heavy atom. The van der Waals surface area contributed by atoms with Crippen LogP contribution in [0.2, 0.25) is 0 Å². The number of esters is 1. The van der Waals surface area contributed by atoms with Gasteiger partial charge in [0.2, 0.25) is 0 Å². The van der Waals surface area contributed by atoms with Crippen molar-refractivity contribution in [1.82, 2.24) is 4.90 Å². The van der Waals surface area contributed by atoms with Gasteiger partial charge in [0, 0.05) is 24.9 Å². The third-order valence-corrected chi connectivity index (χ3v) is 4.28. The number of benzene rings is 2. The second-order valence-electron chi connectivity index (χ2n) is 6.08. The van der Waals surface area contributed by atoms with Gasteiger partial charge in [-0.15, -0.1) is 0 Å². The first-order chi connectivity index (χ1) is 12.7. The molecule has 1 aliphatic rings. The molecule has 0 radical (unpaired) electrons. The number of carbonyl (C=O) groups excluding carboxylic acids is 2. The smallest absolute Gasteiger partial charge is 0.330 e. The third-order valence-electron chi connectivity index (χ3n) is 4.28. The summed E-state index contributed by atoms with van der Waals surface area (Å²) in [5.74, 6) is -0.366. The first-order valence-electron chi connectivity index (χ1n) is 8.73. The monoisotopic (exact) mass is 350 g/mol. The Bertz CT molecular complexity index is 812. The van der Waals surface area contributed by atoms with Crippen LogP contribution in [0.4, 0.5) is 10.5 Å². The fourth-order valence-corrected chi connectivity index (χ4v) is 2.90. The molecular formula is C21H22N2O3. The van der Waals surface area contributed by atoms with E-state index in [4.69, 9.17) is 4.74 Å². The highest BCUT2D eigenvalue weighted by Crippen LogP contribution is 2.19. The second-order valence-corrected chi connectivity index (χ2v) is 6.08. The van der Waals surface area contributed by atoms with Crippen LogP contribution in [0.5, 0.6) is 0 Å². The van der Waals surface area contributed by atoms with Gasteiger partial charge in [0.05, 0.1) is 6.61 Å². The number of amides is 2. The number of hydrogen-bond acceptors (Lipinski definition) is 3. The maximum Gasteiger partial charge on any atom is 0.330 e. The highest BCUT2D eigenvalue weighted by atomic mass is 16.5.